The highest BCUT2D eigenvalue weighted by Crippen LogP contribution is 2.30. The number of H-pyrrole nitrogens is 1. The van der Waals surface area contributed by atoms with E-state index >= 15 is 0 Å². The second kappa shape index (κ2) is 6.09. The Labute approximate surface area is 122 Å². The molecule has 1 aromatic carbocycles. The number of aryl methyl sites for hydroxylation is 1. The highest BCUT2D eigenvalue weighted by molar-refractivity contribution is 6.32. The first-order valence-corrected chi connectivity index (χ1v) is 6.88. The number of nitrogens with zero attached hydrogens (tertiary/aromatic N) is 1. The van der Waals surface area contributed by atoms with Crippen LogP contribution in [0.5, 0.6) is 5.75 Å². The third kappa shape index (κ3) is 2.85. The lowest BCUT2D eigenvalue weighted by atomic mass is 10.1. The lowest BCUT2D eigenvalue weighted by Gasteiger charge is -2.09. The molecule has 0 bridgehead atoms. The van der Waals surface area contributed by atoms with Crippen LogP contribution in [0.15, 0.2) is 23.0 Å². The number of rotatable bonds is 4. The van der Waals surface area contributed by atoms with E-state index in [-0.39, 0.29) is 5.56 Å². The SMILES string of the molecule is CCCc1nc(-c2ccc(Cl)c(OC)c2)c(C)c(=O)[nH]1. The van der Waals surface area contributed by atoms with E-state index < -0.39 is 0 Å². The maximum atomic E-state index is 12.0. The van der Waals surface area contributed by atoms with Gasteiger partial charge in [-0.15, -0.1) is 0 Å². The van der Waals surface area contributed by atoms with Crippen molar-refractivity contribution in [2.45, 2.75) is 26.7 Å². The van der Waals surface area contributed by atoms with Gasteiger partial charge in [-0.25, -0.2) is 4.98 Å². The van der Waals surface area contributed by atoms with E-state index in [1.54, 1.807) is 26.2 Å². The van der Waals surface area contributed by atoms with E-state index in [4.69, 9.17) is 16.3 Å². The minimum absolute atomic E-state index is 0.104. The van der Waals surface area contributed by atoms with Crippen LogP contribution >= 0.6 is 11.6 Å². The number of halogens is 1. The highest BCUT2D eigenvalue weighted by atomic mass is 35.5. The normalized spacial score (nSPS) is 10.6. The number of hydrogen-bond donors (Lipinski definition) is 1. The molecule has 0 atom stereocenters. The van der Waals surface area contributed by atoms with Gasteiger partial charge in [0.25, 0.3) is 5.56 Å². The van der Waals surface area contributed by atoms with Gasteiger partial charge in [0.15, 0.2) is 0 Å². The molecular formula is C15H17ClN2O2. The molecule has 20 heavy (non-hydrogen) atoms. The van der Waals surface area contributed by atoms with Gasteiger partial charge in [-0.2, -0.15) is 0 Å². The highest BCUT2D eigenvalue weighted by Gasteiger charge is 2.11. The Balaban J connectivity index is 2.59. The molecule has 4 nitrogen and oxygen atoms in total. The van der Waals surface area contributed by atoms with Gasteiger partial charge < -0.3 is 9.72 Å². The average molecular weight is 293 g/mol. The van der Waals surface area contributed by atoms with Crippen molar-refractivity contribution in [2.24, 2.45) is 0 Å². The number of benzene rings is 1. The van der Waals surface area contributed by atoms with Crippen LogP contribution in [0, 0.1) is 6.92 Å². The molecule has 2 aromatic rings. The molecule has 0 aliphatic rings. The molecule has 0 radical (unpaired) electrons. The zero-order chi connectivity index (χ0) is 14.7. The molecule has 2 rings (SSSR count). The quantitative estimate of drug-likeness (QED) is 0.940. The van der Waals surface area contributed by atoms with E-state index in [1.165, 1.54) is 0 Å². The number of nitrogens with one attached hydrogen (secondary N) is 1. The van der Waals surface area contributed by atoms with Crippen molar-refractivity contribution in [1.82, 2.24) is 9.97 Å². The van der Waals surface area contributed by atoms with E-state index in [0.717, 1.165) is 18.4 Å². The Morgan fingerprint density at radius 3 is 2.80 bits per heavy atom. The summed E-state index contributed by atoms with van der Waals surface area (Å²) in [7, 11) is 1.56. The lowest BCUT2D eigenvalue weighted by molar-refractivity contribution is 0.415. The van der Waals surface area contributed by atoms with Crippen LogP contribution in [0.3, 0.4) is 0 Å². The number of ether oxygens (including phenoxy) is 1. The monoisotopic (exact) mass is 292 g/mol. The van der Waals surface area contributed by atoms with Crippen molar-refractivity contribution in [1.29, 1.82) is 0 Å². The van der Waals surface area contributed by atoms with Crippen molar-refractivity contribution < 1.29 is 4.74 Å². The number of aromatic amines is 1. The van der Waals surface area contributed by atoms with E-state index in [1.807, 2.05) is 13.0 Å². The van der Waals surface area contributed by atoms with Gasteiger partial charge in [0.2, 0.25) is 0 Å². The van der Waals surface area contributed by atoms with Crippen LogP contribution in [0.25, 0.3) is 11.3 Å². The second-order valence-corrected chi connectivity index (χ2v) is 4.99. The predicted molar refractivity (Wildman–Crippen MR) is 80.6 cm³/mol. The van der Waals surface area contributed by atoms with Gasteiger partial charge in [0.05, 0.1) is 17.8 Å². The average Bonchev–Trinajstić information content (AvgIpc) is 2.43. The van der Waals surface area contributed by atoms with Gasteiger partial charge in [0.1, 0.15) is 11.6 Å². The molecule has 106 valence electrons. The summed E-state index contributed by atoms with van der Waals surface area (Å²) in [4.78, 5) is 19.3. The van der Waals surface area contributed by atoms with Crippen molar-refractivity contribution in [2.75, 3.05) is 7.11 Å². The minimum Gasteiger partial charge on any atom is -0.495 e. The van der Waals surface area contributed by atoms with Gasteiger partial charge in [-0.05, 0) is 25.5 Å². The van der Waals surface area contributed by atoms with Crippen LogP contribution in [0.4, 0.5) is 0 Å². The molecule has 0 amide bonds. The van der Waals surface area contributed by atoms with Crippen LogP contribution in [0.2, 0.25) is 5.02 Å². The van der Waals surface area contributed by atoms with Crippen LogP contribution in [0.1, 0.15) is 24.7 Å². The van der Waals surface area contributed by atoms with Gasteiger partial charge >= 0.3 is 0 Å². The largest absolute Gasteiger partial charge is 0.495 e. The predicted octanol–water partition coefficient (Wildman–Crippen LogP) is 3.36. The van der Waals surface area contributed by atoms with Crippen LogP contribution < -0.4 is 10.3 Å². The van der Waals surface area contributed by atoms with Crippen molar-refractivity contribution in [3.8, 4) is 17.0 Å². The molecule has 1 N–H and O–H groups in total. The first-order valence-electron chi connectivity index (χ1n) is 6.50. The molecule has 0 unspecified atom stereocenters. The first kappa shape index (κ1) is 14.6. The molecule has 0 spiro atoms. The van der Waals surface area contributed by atoms with Crippen molar-refractivity contribution >= 4 is 11.6 Å². The van der Waals surface area contributed by atoms with Crippen LogP contribution in [-0.2, 0) is 6.42 Å². The summed E-state index contributed by atoms with van der Waals surface area (Å²) in [5.74, 6) is 1.27. The summed E-state index contributed by atoms with van der Waals surface area (Å²) in [6.45, 7) is 3.81. The maximum absolute atomic E-state index is 12.0. The summed E-state index contributed by atoms with van der Waals surface area (Å²) >= 11 is 6.02. The van der Waals surface area contributed by atoms with Gasteiger partial charge in [-0.3, -0.25) is 4.79 Å². The number of methoxy groups -OCH3 is 1. The lowest BCUT2D eigenvalue weighted by Crippen LogP contribution is -2.16. The summed E-state index contributed by atoms with van der Waals surface area (Å²) in [5.41, 5.74) is 1.99. The molecule has 0 saturated carbocycles. The zero-order valence-electron chi connectivity index (χ0n) is 11.8. The maximum Gasteiger partial charge on any atom is 0.254 e. The summed E-state index contributed by atoms with van der Waals surface area (Å²) in [6.07, 6.45) is 1.67. The minimum atomic E-state index is -0.104. The van der Waals surface area contributed by atoms with Crippen molar-refractivity contribution in [3.63, 3.8) is 0 Å². The van der Waals surface area contributed by atoms with E-state index in [2.05, 4.69) is 9.97 Å². The smallest absolute Gasteiger partial charge is 0.254 e. The third-order valence-corrected chi connectivity index (χ3v) is 3.42. The molecule has 1 heterocycles. The molecule has 0 saturated heterocycles. The third-order valence-electron chi connectivity index (χ3n) is 3.11. The van der Waals surface area contributed by atoms with Gasteiger partial charge in [-0.1, -0.05) is 24.6 Å². The Morgan fingerprint density at radius 1 is 1.40 bits per heavy atom. The molecular weight excluding hydrogens is 276 g/mol. The topological polar surface area (TPSA) is 55.0 Å². The van der Waals surface area contributed by atoms with E-state index in [0.29, 0.717) is 27.9 Å². The number of hydrogen-bond acceptors (Lipinski definition) is 3. The van der Waals surface area contributed by atoms with Crippen LogP contribution in [-0.4, -0.2) is 17.1 Å². The molecule has 5 heteroatoms. The fourth-order valence-electron chi connectivity index (χ4n) is 2.02. The summed E-state index contributed by atoms with van der Waals surface area (Å²) < 4.78 is 5.21. The molecule has 0 aliphatic heterocycles. The Kier molecular flexibility index (Phi) is 4.45. The zero-order valence-corrected chi connectivity index (χ0v) is 12.5. The summed E-state index contributed by atoms with van der Waals surface area (Å²) in [5, 5.41) is 0.535. The Bertz CT molecular complexity index is 680. The second-order valence-electron chi connectivity index (χ2n) is 4.59. The molecule has 0 fully saturated rings. The van der Waals surface area contributed by atoms with Crippen molar-refractivity contribution in [3.05, 3.63) is 45.0 Å². The molecule has 0 aliphatic carbocycles. The van der Waals surface area contributed by atoms with Gasteiger partial charge in [0, 0.05) is 17.5 Å². The molecule has 1 aromatic heterocycles. The summed E-state index contributed by atoms with van der Waals surface area (Å²) in [6, 6.07) is 5.39. The fourth-order valence-corrected chi connectivity index (χ4v) is 2.22. The first-order chi connectivity index (χ1) is 9.56. The van der Waals surface area contributed by atoms with E-state index in [9.17, 15) is 4.79 Å². The fraction of sp³-hybridized carbons (Fsp3) is 0.333. The Morgan fingerprint density at radius 2 is 2.15 bits per heavy atom. The standard InChI is InChI=1S/C15H17ClN2O2/c1-4-5-13-17-14(9(2)15(19)18-13)10-6-7-11(16)12(8-10)20-3/h6-8H,4-5H2,1-3H3,(H,17,18,19). The Hall–Kier alpha value is -1.81. The number of aromatic nitrogens is 2.